The van der Waals surface area contributed by atoms with Crippen molar-refractivity contribution in [3.05, 3.63) is 72.9 Å². The minimum absolute atomic E-state index is 0.0154. The zero-order valence-electron chi connectivity index (χ0n) is 39.9. The van der Waals surface area contributed by atoms with Crippen molar-refractivity contribution in [2.75, 3.05) is 26.4 Å². The van der Waals surface area contributed by atoms with Gasteiger partial charge in [0, 0.05) is 13.0 Å². The van der Waals surface area contributed by atoms with Crippen LogP contribution in [0.15, 0.2) is 72.9 Å². The number of ether oxygens (including phenoxy) is 2. The van der Waals surface area contributed by atoms with Gasteiger partial charge >= 0.3 is 19.8 Å². The number of nitrogens with two attached hydrogens (primary N) is 1. The number of hydrogen-bond acceptors (Lipinski definition) is 8. The Morgan fingerprint density at radius 1 is 0.524 bits per heavy atom. The first-order valence-corrected chi connectivity index (χ1v) is 26.5. The second-order valence-corrected chi connectivity index (χ2v) is 18.0. The van der Waals surface area contributed by atoms with E-state index in [2.05, 4.69) is 86.8 Å². The van der Waals surface area contributed by atoms with Gasteiger partial charge in [0.05, 0.1) is 19.8 Å². The molecule has 0 aliphatic carbocycles. The number of carboxylic acid groups (broad SMARTS) is 1. The molecule has 63 heavy (non-hydrogen) atoms. The minimum Gasteiger partial charge on any atom is -0.480 e. The number of phosphoric acid groups is 1. The first kappa shape index (κ1) is 60.4. The summed E-state index contributed by atoms with van der Waals surface area (Å²) in [4.78, 5) is 33.7. The van der Waals surface area contributed by atoms with Gasteiger partial charge in [0.2, 0.25) is 0 Å². The molecule has 11 heteroatoms. The van der Waals surface area contributed by atoms with Crippen LogP contribution in [0, 0.1) is 0 Å². The summed E-state index contributed by atoms with van der Waals surface area (Å²) in [6.07, 6.45) is 59.7. The van der Waals surface area contributed by atoms with Gasteiger partial charge in [0.25, 0.3) is 0 Å². The van der Waals surface area contributed by atoms with E-state index in [0.29, 0.717) is 13.0 Å². The summed E-state index contributed by atoms with van der Waals surface area (Å²) < 4.78 is 33.4. The van der Waals surface area contributed by atoms with E-state index in [4.69, 9.17) is 29.4 Å². The Morgan fingerprint density at radius 2 is 0.921 bits per heavy atom. The molecule has 0 radical (unpaired) electrons. The quantitative estimate of drug-likeness (QED) is 0.0233. The standard InChI is InChI=1S/C52H92NO9P/c1-3-5-7-9-11-13-15-17-19-21-23-24-25-26-27-28-30-32-34-36-38-40-42-44-51(54)62-49(47-60-63(57,58)61-48-50(53)52(55)56)46-59-45-43-41-39-37-35-33-31-29-22-20-18-16-14-12-10-8-6-4-2/h6,8,12,14,18,20-21,23,29,31,35,37,49-50H,3-5,7,9-11,13,15-17,19,22,24-28,30,32-34,36,38-48,53H2,1-2H3,(H,55,56)(H,57,58)/b8-6-,14-12-,20-18-,23-21-,31-29-,37-35-. The number of rotatable bonds is 47. The maximum atomic E-state index is 12.7. The average Bonchev–Trinajstić information content (AvgIpc) is 3.26. The van der Waals surface area contributed by atoms with Crippen molar-refractivity contribution in [2.24, 2.45) is 5.73 Å². The van der Waals surface area contributed by atoms with E-state index in [1.165, 1.54) is 109 Å². The zero-order valence-corrected chi connectivity index (χ0v) is 40.8. The number of phosphoric ester groups is 1. The number of carboxylic acids is 1. The molecule has 0 rings (SSSR count). The van der Waals surface area contributed by atoms with Crippen LogP contribution in [-0.2, 0) is 32.7 Å². The van der Waals surface area contributed by atoms with Crippen LogP contribution in [0.2, 0.25) is 0 Å². The third-order valence-electron chi connectivity index (χ3n) is 10.5. The lowest BCUT2D eigenvalue weighted by Gasteiger charge is -2.20. The maximum absolute atomic E-state index is 12.7. The number of aliphatic carboxylic acids is 1. The van der Waals surface area contributed by atoms with Crippen LogP contribution >= 0.6 is 7.82 Å². The highest BCUT2D eigenvalue weighted by Crippen LogP contribution is 2.43. The maximum Gasteiger partial charge on any atom is 0.472 e. The molecule has 0 spiro atoms. The van der Waals surface area contributed by atoms with Crippen LogP contribution < -0.4 is 5.73 Å². The number of carbonyl (C=O) groups is 2. The van der Waals surface area contributed by atoms with Crippen molar-refractivity contribution in [3.8, 4) is 0 Å². The fourth-order valence-electron chi connectivity index (χ4n) is 6.63. The van der Waals surface area contributed by atoms with Crippen LogP contribution in [-0.4, -0.2) is 60.5 Å². The van der Waals surface area contributed by atoms with Crippen molar-refractivity contribution in [2.45, 2.75) is 219 Å². The molecule has 0 amide bonds. The molecule has 3 atom stereocenters. The normalized spacial score (nSPS) is 14.3. The predicted molar refractivity (Wildman–Crippen MR) is 263 cm³/mol. The Hall–Kier alpha value is -2.59. The summed E-state index contributed by atoms with van der Waals surface area (Å²) in [6, 6.07) is -1.48. The van der Waals surface area contributed by atoms with Crippen molar-refractivity contribution < 1.29 is 42.7 Å². The Labute approximate surface area is 384 Å². The molecule has 10 nitrogen and oxygen atoms in total. The Kier molecular flexibility index (Phi) is 45.4. The van der Waals surface area contributed by atoms with Crippen LogP contribution in [0.3, 0.4) is 0 Å². The lowest BCUT2D eigenvalue weighted by Crippen LogP contribution is -2.34. The molecule has 0 aromatic rings. The fourth-order valence-corrected chi connectivity index (χ4v) is 7.40. The Morgan fingerprint density at radius 3 is 1.40 bits per heavy atom. The summed E-state index contributed by atoms with van der Waals surface area (Å²) in [5, 5.41) is 8.92. The van der Waals surface area contributed by atoms with Crippen molar-refractivity contribution in [3.63, 3.8) is 0 Å². The molecule has 0 aliphatic rings. The zero-order chi connectivity index (χ0) is 46.2. The van der Waals surface area contributed by atoms with Gasteiger partial charge in [-0.3, -0.25) is 18.6 Å². The molecular formula is C52H92NO9P. The summed E-state index contributed by atoms with van der Waals surface area (Å²) in [5.41, 5.74) is 5.37. The van der Waals surface area contributed by atoms with Gasteiger partial charge in [0.15, 0.2) is 0 Å². The summed E-state index contributed by atoms with van der Waals surface area (Å²) in [6.45, 7) is 3.67. The monoisotopic (exact) mass is 906 g/mol. The van der Waals surface area contributed by atoms with Crippen LogP contribution in [0.25, 0.3) is 0 Å². The molecular weight excluding hydrogens is 814 g/mol. The molecule has 0 aliphatic heterocycles. The smallest absolute Gasteiger partial charge is 0.472 e. The summed E-state index contributed by atoms with van der Waals surface area (Å²) in [5.74, 6) is -1.80. The third-order valence-corrected chi connectivity index (χ3v) is 11.4. The number of unbranched alkanes of at least 4 members (excludes halogenated alkanes) is 21. The van der Waals surface area contributed by atoms with Crippen LogP contribution in [0.4, 0.5) is 0 Å². The van der Waals surface area contributed by atoms with Crippen LogP contribution in [0.1, 0.15) is 206 Å². The van der Waals surface area contributed by atoms with E-state index >= 15 is 0 Å². The van der Waals surface area contributed by atoms with Gasteiger partial charge in [-0.25, -0.2) is 4.57 Å². The van der Waals surface area contributed by atoms with Gasteiger partial charge in [-0.2, -0.15) is 0 Å². The predicted octanol–water partition coefficient (Wildman–Crippen LogP) is 14.5. The van der Waals surface area contributed by atoms with Gasteiger partial charge in [-0.1, -0.05) is 189 Å². The molecule has 0 saturated carbocycles. The molecule has 0 aromatic carbocycles. The van der Waals surface area contributed by atoms with E-state index < -0.39 is 45.1 Å². The van der Waals surface area contributed by atoms with Crippen LogP contribution in [0.5, 0.6) is 0 Å². The van der Waals surface area contributed by atoms with Crippen molar-refractivity contribution in [1.29, 1.82) is 0 Å². The van der Waals surface area contributed by atoms with E-state index in [-0.39, 0.29) is 13.0 Å². The largest absolute Gasteiger partial charge is 0.480 e. The Bertz CT molecular complexity index is 1280. The van der Waals surface area contributed by atoms with E-state index in [9.17, 15) is 19.0 Å². The van der Waals surface area contributed by atoms with Crippen molar-refractivity contribution in [1.82, 2.24) is 0 Å². The second kappa shape index (κ2) is 47.4. The Balaban J connectivity index is 4.21. The van der Waals surface area contributed by atoms with Gasteiger partial charge in [-0.15, -0.1) is 0 Å². The number of hydrogen-bond donors (Lipinski definition) is 3. The number of allylic oxidation sites excluding steroid dienone is 12. The lowest BCUT2D eigenvalue weighted by atomic mass is 10.0. The average molecular weight is 906 g/mol. The molecule has 0 saturated heterocycles. The highest BCUT2D eigenvalue weighted by Gasteiger charge is 2.27. The minimum atomic E-state index is -4.64. The highest BCUT2D eigenvalue weighted by molar-refractivity contribution is 7.47. The topological polar surface area (TPSA) is 155 Å². The SMILES string of the molecule is CC/C=C\C/C=C\C/C=C\C/C=C\C/C=C\CCCCOCC(COP(=O)(O)OCC(N)C(=O)O)OC(=O)CCCCCCCCCCCCC/C=C\CCCCCCCCCC. The fraction of sp³-hybridized carbons (Fsp3) is 0.731. The molecule has 0 fully saturated rings. The van der Waals surface area contributed by atoms with E-state index in [1.807, 2.05) is 0 Å². The third kappa shape index (κ3) is 47.2. The van der Waals surface area contributed by atoms with E-state index in [1.54, 1.807) is 0 Å². The first-order chi connectivity index (χ1) is 30.7. The molecule has 0 heterocycles. The van der Waals surface area contributed by atoms with Crippen molar-refractivity contribution >= 4 is 19.8 Å². The first-order valence-electron chi connectivity index (χ1n) is 25.0. The molecule has 364 valence electrons. The summed E-state index contributed by atoms with van der Waals surface area (Å²) >= 11 is 0. The van der Waals surface area contributed by atoms with Gasteiger partial charge in [0.1, 0.15) is 12.1 Å². The lowest BCUT2D eigenvalue weighted by molar-refractivity contribution is -0.154. The van der Waals surface area contributed by atoms with Gasteiger partial charge < -0.3 is 25.2 Å². The summed E-state index contributed by atoms with van der Waals surface area (Å²) in [7, 11) is -4.64. The van der Waals surface area contributed by atoms with Gasteiger partial charge in [-0.05, 0) is 83.5 Å². The highest BCUT2D eigenvalue weighted by atomic mass is 31.2. The molecule has 0 aromatic heterocycles. The number of esters is 1. The van der Waals surface area contributed by atoms with E-state index in [0.717, 1.165) is 70.6 Å². The second-order valence-electron chi connectivity index (χ2n) is 16.6. The molecule has 3 unspecified atom stereocenters. The molecule has 4 N–H and O–H groups in total. The number of carbonyl (C=O) groups excluding carboxylic acids is 1. The molecule has 0 bridgehead atoms.